The first-order valence-corrected chi connectivity index (χ1v) is 13.0. The summed E-state index contributed by atoms with van der Waals surface area (Å²) in [4.78, 5) is 34.6. The summed E-state index contributed by atoms with van der Waals surface area (Å²) in [5.41, 5.74) is 2.16. The van der Waals surface area contributed by atoms with Crippen LogP contribution in [0.1, 0.15) is 48.2 Å². The molecule has 0 bridgehead atoms. The number of aromatic nitrogens is 1. The van der Waals surface area contributed by atoms with Crippen molar-refractivity contribution in [2.45, 2.75) is 38.8 Å². The highest BCUT2D eigenvalue weighted by molar-refractivity contribution is 5.97. The lowest BCUT2D eigenvalue weighted by molar-refractivity contribution is -0.138. The highest BCUT2D eigenvalue weighted by Gasteiger charge is 2.35. The second kappa shape index (κ2) is 12.3. The Morgan fingerprint density at radius 1 is 1.22 bits per heavy atom. The second-order valence-electron chi connectivity index (χ2n) is 10.1. The van der Waals surface area contributed by atoms with Gasteiger partial charge in [0.05, 0.1) is 19.2 Å². The maximum atomic E-state index is 13.6. The first kappa shape index (κ1) is 26.8. The number of aliphatic hydroxyl groups excluding tert-OH is 1. The van der Waals surface area contributed by atoms with Crippen molar-refractivity contribution >= 4 is 24.0 Å². The van der Waals surface area contributed by atoms with Crippen LogP contribution in [0.2, 0.25) is 0 Å². The lowest BCUT2D eigenvalue weighted by Gasteiger charge is -2.38. The summed E-state index contributed by atoms with van der Waals surface area (Å²) in [7, 11) is 1.80. The van der Waals surface area contributed by atoms with Crippen LogP contribution >= 0.6 is 0 Å². The van der Waals surface area contributed by atoms with Crippen LogP contribution < -0.4 is 4.74 Å². The van der Waals surface area contributed by atoms with Crippen molar-refractivity contribution < 1.29 is 24.2 Å². The minimum absolute atomic E-state index is 0.0422. The summed E-state index contributed by atoms with van der Waals surface area (Å²) in [6.07, 6.45) is 6.65. The maximum absolute atomic E-state index is 13.6. The lowest BCUT2D eigenvalue weighted by Crippen LogP contribution is -2.51. The van der Waals surface area contributed by atoms with Crippen molar-refractivity contribution in [1.82, 2.24) is 14.8 Å². The van der Waals surface area contributed by atoms with E-state index in [-0.39, 0.29) is 48.3 Å². The number of aliphatic hydroxyl groups is 1. The Hall–Kier alpha value is -3.23. The fraction of sp³-hybridized carbons (Fsp3) is 0.483. The zero-order chi connectivity index (χ0) is 26.4. The fourth-order valence-corrected chi connectivity index (χ4v) is 4.80. The van der Waals surface area contributed by atoms with Gasteiger partial charge in [-0.1, -0.05) is 49.4 Å². The molecule has 198 valence electrons. The Morgan fingerprint density at radius 3 is 2.62 bits per heavy atom. The molecule has 3 heterocycles. The Kier molecular flexibility index (Phi) is 8.95. The maximum Gasteiger partial charge on any atom is 0.259 e. The normalized spacial score (nSPS) is 21.6. The number of carbonyl (C=O) groups is 2. The fourth-order valence-electron chi connectivity index (χ4n) is 4.80. The summed E-state index contributed by atoms with van der Waals surface area (Å²) < 4.78 is 11.8. The number of fused-ring (bicyclic) bond motifs is 1. The van der Waals surface area contributed by atoms with Crippen LogP contribution in [0.15, 0.2) is 42.6 Å². The van der Waals surface area contributed by atoms with Crippen molar-refractivity contribution in [2.24, 2.45) is 11.8 Å². The third-order valence-corrected chi connectivity index (χ3v) is 7.21. The number of amides is 2. The van der Waals surface area contributed by atoms with E-state index < -0.39 is 0 Å². The molecule has 1 saturated heterocycles. The molecule has 0 radical (unpaired) electrons. The summed E-state index contributed by atoms with van der Waals surface area (Å²) in [5.74, 6) is -0.0150. The molecule has 37 heavy (non-hydrogen) atoms. The average Bonchev–Trinajstić information content (AvgIpc) is 2.94. The van der Waals surface area contributed by atoms with Gasteiger partial charge in [-0.3, -0.25) is 9.59 Å². The molecule has 0 spiro atoms. The molecular weight excluding hydrogens is 470 g/mol. The number of pyridine rings is 1. The number of nitrogens with zero attached hydrogens (tertiary/aromatic N) is 3. The van der Waals surface area contributed by atoms with E-state index in [0.717, 1.165) is 24.0 Å². The molecule has 8 nitrogen and oxygen atoms in total. The first-order valence-electron chi connectivity index (χ1n) is 13.0. The molecule has 8 heteroatoms. The molecule has 0 unspecified atom stereocenters. The number of carbonyl (C=O) groups excluding carboxylic acids is 2. The number of hydrogen-bond acceptors (Lipinski definition) is 6. The highest BCUT2D eigenvalue weighted by Crippen LogP contribution is 2.28. The van der Waals surface area contributed by atoms with E-state index in [9.17, 15) is 14.7 Å². The molecule has 2 amide bonds. The van der Waals surface area contributed by atoms with Crippen LogP contribution in [-0.4, -0.2) is 83.8 Å². The standard InChI is InChI=1S/C29H37N3O5/c1-20-17-32(21(2)19-33)29(35)25-15-23(10-9-22-7-5-4-6-8-22)16-30-27(25)37-26(20)18-31(3)28(34)24-11-13-36-14-12-24/h4-10,15-16,20-21,24,26,33H,11-14,17-19H2,1-3H3/b10-9+/t20-,21+,26-/m1/s1. The highest BCUT2D eigenvalue weighted by atomic mass is 16.5. The summed E-state index contributed by atoms with van der Waals surface area (Å²) in [6.45, 7) is 5.67. The molecule has 2 aliphatic rings. The Bertz CT molecular complexity index is 1100. The number of benzene rings is 1. The van der Waals surface area contributed by atoms with Crippen molar-refractivity contribution in [2.75, 3.05) is 40.0 Å². The molecule has 4 rings (SSSR count). The summed E-state index contributed by atoms with van der Waals surface area (Å²) >= 11 is 0. The zero-order valence-electron chi connectivity index (χ0n) is 21.9. The van der Waals surface area contributed by atoms with Crippen molar-refractivity contribution in [3.05, 3.63) is 59.3 Å². The molecule has 0 saturated carbocycles. The van der Waals surface area contributed by atoms with Gasteiger partial charge in [0.15, 0.2) is 0 Å². The monoisotopic (exact) mass is 507 g/mol. The minimum atomic E-state index is -0.369. The summed E-state index contributed by atoms with van der Waals surface area (Å²) in [6, 6.07) is 11.3. The predicted molar refractivity (Wildman–Crippen MR) is 142 cm³/mol. The predicted octanol–water partition coefficient (Wildman–Crippen LogP) is 3.36. The Labute approximate surface area is 218 Å². The molecule has 1 N–H and O–H groups in total. The van der Waals surface area contributed by atoms with Gasteiger partial charge in [-0.25, -0.2) is 4.98 Å². The number of ether oxygens (including phenoxy) is 2. The lowest BCUT2D eigenvalue weighted by atomic mass is 9.97. The average molecular weight is 508 g/mol. The second-order valence-corrected chi connectivity index (χ2v) is 10.1. The van der Waals surface area contributed by atoms with Crippen LogP contribution in [-0.2, 0) is 9.53 Å². The van der Waals surface area contributed by atoms with E-state index in [4.69, 9.17) is 9.47 Å². The number of likely N-dealkylation sites (N-methyl/N-ethyl adjacent to an activating group) is 1. The van der Waals surface area contributed by atoms with Gasteiger partial charge in [-0.05, 0) is 37.0 Å². The molecule has 1 aromatic heterocycles. The van der Waals surface area contributed by atoms with E-state index in [1.807, 2.05) is 56.3 Å². The van der Waals surface area contributed by atoms with Gasteiger partial charge in [0.25, 0.3) is 5.91 Å². The van der Waals surface area contributed by atoms with Crippen LogP contribution in [0.3, 0.4) is 0 Å². The summed E-state index contributed by atoms with van der Waals surface area (Å²) in [5, 5.41) is 9.88. The van der Waals surface area contributed by atoms with Gasteiger partial charge in [-0.2, -0.15) is 0 Å². The van der Waals surface area contributed by atoms with E-state index in [2.05, 4.69) is 4.98 Å². The van der Waals surface area contributed by atoms with Gasteiger partial charge in [0, 0.05) is 44.8 Å². The molecular formula is C29H37N3O5. The van der Waals surface area contributed by atoms with Gasteiger partial charge < -0.3 is 24.4 Å². The zero-order valence-corrected chi connectivity index (χ0v) is 21.9. The number of rotatable bonds is 7. The van der Waals surface area contributed by atoms with Crippen LogP contribution in [0, 0.1) is 11.8 Å². The van der Waals surface area contributed by atoms with Gasteiger partial charge >= 0.3 is 0 Å². The van der Waals surface area contributed by atoms with Crippen LogP contribution in [0.25, 0.3) is 12.2 Å². The van der Waals surface area contributed by atoms with Crippen molar-refractivity contribution in [1.29, 1.82) is 0 Å². The molecule has 1 fully saturated rings. The van der Waals surface area contributed by atoms with Crippen LogP contribution in [0.5, 0.6) is 5.88 Å². The third kappa shape index (κ3) is 6.56. The minimum Gasteiger partial charge on any atom is -0.472 e. The Morgan fingerprint density at radius 2 is 1.92 bits per heavy atom. The van der Waals surface area contributed by atoms with Gasteiger partial charge in [-0.15, -0.1) is 0 Å². The van der Waals surface area contributed by atoms with E-state index in [1.54, 1.807) is 29.1 Å². The van der Waals surface area contributed by atoms with Gasteiger partial charge in [0.2, 0.25) is 11.8 Å². The van der Waals surface area contributed by atoms with Crippen molar-refractivity contribution in [3.63, 3.8) is 0 Å². The molecule has 1 aromatic carbocycles. The largest absolute Gasteiger partial charge is 0.472 e. The van der Waals surface area contributed by atoms with Crippen molar-refractivity contribution in [3.8, 4) is 5.88 Å². The topological polar surface area (TPSA) is 92.2 Å². The van der Waals surface area contributed by atoms with Crippen LogP contribution in [0.4, 0.5) is 0 Å². The molecule has 2 aliphatic heterocycles. The first-order chi connectivity index (χ1) is 17.9. The van der Waals surface area contributed by atoms with E-state index in [0.29, 0.717) is 31.9 Å². The Balaban J connectivity index is 1.60. The molecule has 3 atom stereocenters. The quantitative estimate of drug-likeness (QED) is 0.618. The molecule has 2 aromatic rings. The van der Waals surface area contributed by atoms with Gasteiger partial charge in [0.1, 0.15) is 11.7 Å². The van der Waals surface area contributed by atoms with E-state index in [1.165, 1.54) is 0 Å². The molecule has 0 aliphatic carbocycles. The third-order valence-electron chi connectivity index (χ3n) is 7.21. The number of hydrogen-bond donors (Lipinski definition) is 1. The SMILES string of the molecule is C[C@@H]1CN([C@@H](C)CO)C(=O)c2cc(/C=C/c3ccccc3)cnc2O[C@@H]1CN(C)C(=O)C1CCOCC1. The smallest absolute Gasteiger partial charge is 0.259 e. The van der Waals surface area contributed by atoms with E-state index >= 15 is 0 Å².